The van der Waals surface area contributed by atoms with E-state index in [1.54, 1.807) is 7.05 Å². The van der Waals surface area contributed by atoms with Gasteiger partial charge in [0.1, 0.15) is 0 Å². The Labute approximate surface area is 134 Å². The van der Waals surface area contributed by atoms with Gasteiger partial charge >= 0.3 is 0 Å². The predicted molar refractivity (Wildman–Crippen MR) is 82.5 cm³/mol. The van der Waals surface area contributed by atoms with Crippen LogP contribution in [-0.2, 0) is 13.8 Å². The monoisotopic (exact) mass is 353 g/mol. The maximum atomic E-state index is 12.2. The summed E-state index contributed by atoms with van der Waals surface area (Å²) in [5.74, 6) is -0.355. The summed E-state index contributed by atoms with van der Waals surface area (Å²) in [7, 11) is 2.93. The molecule has 0 unspecified atom stereocenters. The fourth-order valence-corrected chi connectivity index (χ4v) is 2.68. The van der Waals surface area contributed by atoms with Gasteiger partial charge in [-0.25, -0.2) is 8.42 Å². The molecule has 0 aliphatic carbocycles. The van der Waals surface area contributed by atoms with Crippen LogP contribution in [0.3, 0.4) is 0 Å². The van der Waals surface area contributed by atoms with Gasteiger partial charge < -0.3 is 9.64 Å². The van der Waals surface area contributed by atoms with Crippen LogP contribution < -0.4 is 0 Å². The topological polar surface area (TPSA) is 63.7 Å². The van der Waals surface area contributed by atoms with Crippen molar-refractivity contribution in [2.45, 2.75) is 24.8 Å². The van der Waals surface area contributed by atoms with E-state index >= 15 is 0 Å². The normalized spacial score (nSPS) is 11.7. The first-order chi connectivity index (χ1) is 9.61. The Kier molecular flexibility index (Phi) is 6.46. The van der Waals surface area contributed by atoms with Crippen molar-refractivity contribution >= 4 is 37.2 Å². The molecule has 0 aliphatic rings. The van der Waals surface area contributed by atoms with Gasteiger partial charge in [0.05, 0.1) is 17.6 Å². The van der Waals surface area contributed by atoms with Crippen molar-refractivity contribution in [3.8, 4) is 0 Å². The molecule has 0 aliphatic heterocycles. The summed E-state index contributed by atoms with van der Waals surface area (Å²) in [6.45, 7) is 4.57. The number of benzene rings is 1. The molecule has 8 heteroatoms. The van der Waals surface area contributed by atoms with Gasteiger partial charge in [-0.05, 0) is 32.0 Å². The number of amides is 1. The Balaban J connectivity index is 2.89. The summed E-state index contributed by atoms with van der Waals surface area (Å²) < 4.78 is 28.0. The fraction of sp³-hybridized carbons (Fsp3) is 0.462. The van der Waals surface area contributed by atoms with Crippen molar-refractivity contribution in [3.05, 3.63) is 28.8 Å². The summed E-state index contributed by atoms with van der Waals surface area (Å²) in [6.07, 6.45) is 0.0765. The van der Waals surface area contributed by atoms with E-state index < -0.39 is 9.05 Å². The van der Waals surface area contributed by atoms with Crippen LogP contribution in [0.5, 0.6) is 0 Å². The number of carbonyl (C=O) groups is 1. The summed E-state index contributed by atoms with van der Waals surface area (Å²) in [5.41, 5.74) is 0.161. The Hall–Kier alpha value is -0.820. The van der Waals surface area contributed by atoms with Gasteiger partial charge in [0.15, 0.2) is 0 Å². The van der Waals surface area contributed by atoms with Crippen LogP contribution in [0, 0.1) is 0 Å². The van der Waals surface area contributed by atoms with E-state index in [4.69, 9.17) is 27.0 Å². The minimum atomic E-state index is -3.94. The second-order valence-electron chi connectivity index (χ2n) is 4.76. The Morgan fingerprint density at radius 2 is 1.95 bits per heavy atom. The van der Waals surface area contributed by atoms with E-state index in [9.17, 15) is 13.2 Å². The molecule has 0 saturated carbocycles. The van der Waals surface area contributed by atoms with Crippen LogP contribution >= 0.6 is 22.3 Å². The van der Waals surface area contributed by atoms with E-state index in [-0.39, 0.29) is 27.5 Å². The van der Waals surface area contributed by atoms with Crippen LogP contribution in [0.25, 0.3) is 0 Å². The van der Waals surface area contributed by atoms with Crippen molar-refractivity contribution in [3.63, 3.8) is 0 Å². The third-order valence-corrected chi connectivity index (χ3v) is 4.18. The molecule has 1 aromatic rings. The molecular weight excluding hydrogens is 337 g/mol. The highest BCUT2D eigenvalue weighted by atomic mass is 35.7. The predicted octanol–water partition coefficient (Wildman–Crippen LogP) is 2.76. The van der Waals surface area contributed by atoms with E-state index in [1.807, 2.05) is 13.8 Å². The molecule has 0 N–H and O–H groups in total. The number of hydrogen-bond acceptors (Lipinski definition) is 4. The lowest BCUT2D eigenvalue weighted by molar-refractivity contribution is 0.0532. The van der Waals surface area contributed by atoms with Crippen LogP contribution in [0.2, 0.25) is 5.02 Å². The summed E-state index contributed by atoms with van der Waals surface area (Å²) in [4.78, 5) is 13.5. The molecule has 1 amide bonds. The molecule has 1 rings (SSSR count). The van der Waals surface area contributed by atoms with Gasteiger partial charge in [0.2, 0.25) is 0 Å². The minimum absolute atomic E-state index is 0.0765. The zero-order chi connectivity index (χ0) is 16.2. The molecule has 118 valence electrons. The maximum Gasteiger partial charge on any atom is 0.261 e. The Morgan fingerprint density at radius 1 is 1.33 bits per heavy atom. The number of nitrogens with zero attached hydrogens (tertiary/aromatic N) is 1. The average Bonchev–Trinajstić information content (AvgIpc) is 2.35. The van der Waals surface area contributed by atoms with E-state index in [0.717, 1.165) is 0 Å². The van der Waals surface area contributed by atoms with E-state index in [1.165, 1.54) is 23.1 Å². The highest BCUT2D eigenvalue weighted by Crippen LogP contribution is 2.22. The zero-order valence-electron chi connectivity index (χ0n) is 12.0. The lowest BCUT2D eigenvalue weighted by atomic mass is 10.2. The summed E-state index contributed by atoms with van der Waals surface area (Å²) in [5, 5.41) is 0.131. The number of likely N-dealkylation sites (N-methyl/N-ethyl adjacent to an activating group) is 1. The molecule has 0 atom stereocenters. The van der Waals surface area contributed by atoms with Gasteiger partial charge in [-0.1, -0.05) is 11.6 Å². The van der Waals surface area contributed by atoms with Gasteiger partial charge in [-0.2, -0.15) is 0 Å². The zero-order valence-corrected chi connectivity index (χ0v) is 14.3. The summed E-state index contributed by atoms with van der Waals surface area (Å²) >= 11 is 5.83. The van der Waals surface area contributed by atoms with E-state index in [2.05, 4.69) is 0 Å². The molecule has 0 heterocycles. The smallest absolute Gasteiger partial charge is 0.261 e. The fourth-order valence-electron chi connectivity index (χ4n) is 1.57. The largest absolute Gasteiger partial charge is 0.377 e. The first-order valence-corrected chi connectivity index (χ1v) is 8.92. The number of rotatable bonds is 6. The lowest BCUT2D eigenvalue weighted by Gasteiger charge is -2.18. The van der Waals surface area contributed by atoms with Crippen molar-refractivity contribution in [1.82, 2.24) is 4.90 Å². The highest BCUT2D eigenvalue weighted by molar-refractivity contribution is 8.13. The molecule has 0 saturated heterocycles. The molecular formula is C13H17Cl2NO4S. The third-order valence-electron chi connectivity index (χ3n) is 2.62. The van der Waals surface area contributed by atoms with Gasteiger partial charge in [0.25, 0.3) is 15.0 Å². The third kappa shape index (κ3) is 5.82. The van der Waals surface area contributed by atoms with E-state index in [0.29, 0.717) is 13.2 Å². The molecule has 0 spiro atoms. The molecule has 5 nitrogen and oxygen atoms in total. The molecule has 21 heavy (non-hydrogen) atoms. The van der Waals surface area contributed by atoms with Crippen molar-refractivity contribution in [2.75, 3.05) is 20.2 Å². The standard InChI is InChI=1S/C13H17Cl2NO4S/c1-9(2)20-5-4-16(3)13(17)10-6-11(14)8-12(7-10)21(15,18)19/h6-9H,4-5H2,1-3H3. The summed E-state index contributed by atoms with van der Waals surface area (Å²) in [6, 6.07) is 3.80. The molecule has 0 aromatic heterocycles. The lowest BCUT2D eigenvalue weighted by Crippen LogP contribution is -2.30. The quantitative estimate of drug-likeness (QED) is 0.737. The molecule has 0 fully saturated rings. The molecule has 0 radical (unpaired) electrons. The van der Waals surface area contributed by atoms with Crippen LogP contribution in [0.15, 0.2) is 23.1 Å². The van der Waals surface area contributed by atoms with Crippen molar-refractivity contribution < 1.29 is 17.9 Å². The second kappa shape index (κ2) is 7.45. The Bertz CT molecular complexity index is 617. The number of carbonyl (C=O) groups excluding carboxylic acids is 1. The van der Waals surface area contributed by atoms with Crippen LogP contribution in [0.1, 0.15) is 24.2 Å². The minimum Gasteiger partial charge on any atom is -0.377 e. The first kappa shape index (κ1) is 18.2. The van der Waals surface area contributed by atoms with Crippen molar-refractivity contribution in [1.29, 1.82) is 0 Å². The van der Waals surface area contributed by atoms with Gasteiger partial charge in [-0.3, -0.25) is 4.79 Å². The first-order valence-electron chi connectivity index (χ1n) is 6.23. The Morgan fingerprint density at radius 3 is 2.48 bits per heavy atom. The highest BCUT2D eigenvalue weighted by Gasteiger charge is 2.17. The number of halogens is 2. The van der Waals surface area contributed by atoms with Gasteiger partial charge in [0, 0.05) is 34.9 Å². The molecule has 1 aromatic carbocycles. The van der Waals surface area contributed by atoms with Crippen molar-refractivity contribution in [2.24, 2.45) is 0 Å². The number of hydrogen-bond donors (Lipinski definition) is 0. The number of ether oxygens (including phenoxy) is 1. The SMILES string of the molecule is CC(C)OCCN(C)C(=O)c1cc(Cl)cc(S(=O)(=O)Cl)c1. The van der Waals surface area contributed by atoms with Crippen LogP contribution in [0.4, 0.5) is 0 Å². The van der Waals surface area contributed by atoms with Crippen LogP contribution in [-0.4, -0.2) is 45.5 Å². The second-order valence-corrected chi connectivity index (χ2v) is 7.76. The van der Waals surface area contributed by atoms with Gasteiger partial charge in [-0.15, -0.1) is 0 Å². The maximum absolute atomic E-state index is 12.2. The molecule has 0 bridgehead atoms. The average molecular weight is 354 g/mol.